The maximum absolute atomic E-state index is 13.9. The van der Waals surface area contributed by atoms with Gasteiger partial charge in [0.25, 0.3) is 0 Å². The van der Waals surface area contributed by atoms with E-state index in [0.29, 0.717) is 11.3 Å². The molecular weight excluding hydrogens is 314 g/mol. The lowest BCUT2D eigenvalue weighted by Crippen LogP contribution is -2.09. The van der Waals surface area contributed by atoms with Crippen molar-refractivity contribution in [3.05, 3.63) is 83.9 Å². The highest BCUT2D eigenvalue weighted by Gasteiger charge is 2.16. The van der Waals surface area contributed by atoms with E-state index in [-0.39, 0.29) is 16.9 Å². The second kappa shape index (κ2) is 6.50. The van der Waals surface area contributed by atoms with Gasteiger partial charge in [-0.25, -0.2) is 13.6 Å². The number of ether oxygens (including phenoxy) is 1. The van der Waals surface area contributed by atoms with Crippen molar-refractivity contribution in [1.82, 2.24) is 0 Å². The van der Waals surface area contributed by atoms with E-state index in [1.807, 2.05) is 0 Å². The molecule has 24 heavy (non-hydrogen) atoms. The molecule has 0 saturated heterocycles. The van der Waals surface area contributed by atoms with Crippen LogP contribution in [-0.4, -0.2) is 11.1 Å². The van der Waals surface area contributed by atoms with Gasteiger partial charge in [-0.3, -0.25) is 0 Å². The first kappa shape index (κ1) is 15.7. The number of carbonyl (C=O) groups excluding carboxylic acids is 1. The van der Waals surface area contributed by atoms with Crippen LogP contribution in [0.2, 0.25) is 0 Å². The Labute approximate surface area is 136 Å². The maximum Gasteiger partial charge on any atom is 0.347 e. The van der Waals surface area contributed by atoms with Gasteiger partial charge >= 0.3 is 5.97 Å². The summed E-state index contributed by atoms with van der Waals surface area (Å²) in [6, 6.07) is 15.5. The van der Waals surface area contributed by atoms with Gasteiger partial charge < -0.3 is 9.84 Å². The van der Waals surface area contributed by atoms with E-state index in [2.05, 4.69) is 0 Å². The van der Waals surface area contributed by atoms with Crippen molar-refractivity contribution >= 4 is 5.97 Å². The third kappa shape index (κ3) is 3.25. The average Bonchev–Trinajstić information content (AvgIpc) is 2.56. The summed E-state index contributed by atoms with van der Waals surface area (Å²) in [4.78, 5) is 12.2. The van der Waals surface area contributed by atoms with E-state index in [1.54, 1.807) is 30.3 Å². The Balaban J connectivity index is 1.95. The van der Waals surface area contributed by atoms with Gasteiger partial charge in [0.15, 0.2) is 0 Å². The van der Waals surface area contributed by atoms with Gasteiger partial charge in [-0.15, -0.1) is 0 Å². The number of phenols is 1. The summed E-state index contributed by atoms with van der Waals surface area (Å²) in [7, 11) is 0. The second-order valence-corrected chi connectivity index (χ2v) is 5.06. The molecule has 1 N–H and O–H groups in total. The molecule has 0 heterocycles. The zero-order valence-corrected chi connectivity index (χ0v) is 12.4. The smallest absolute Gasteiger partial charge is 0.347 e. The number of benzene rings is 3. The largest absolute Gasteiger partial charge is 0.507 e. The molecule has 0 aliphatic carbocycles. The minimum absolute atomic E-state index is 0.111. The molecule has 120 valence electrons. The molecule has 3 rings (SSSR count). The van der Waals surface area contributed by atoms with E-state index in [9.17, 15) is 18.7 Å². The molecule has 3 aromatic rings. The van der Waals surface area contributed by atoms with Crippen molar-refractivity contribution in [3.63, 3.8) is 0 Å². The zero-order chi connectivity index (χ0) is 17.1. The Kier molecular flexibility index (Phi) is 4.24. The Morgan fingerprint density at radius 2 is 1.67 bits per heavy atom. The summed E-state index contributed by atoms with van der Waals surface area (Å²) in [5.74, 6) is -2.20. The van der Waals surface area contributed by atoms with Crippen LogP contribution in [0.4, 0.5) is 8.78 Å². The highest BCUT2D eigenvalue weighted by Crippen LogP contribution is 2.29. The van der Waals surface area contributed by atoms with E-state index >= 15 is 0 Å². The van der Waals surface area contributed by atoms with E-state index < -0.39 is 17.6 Å². The summed E-state index contributed by atoms with van der Waals surface area (Å²) in [6.45, 7) is 0. The van der Waals surface area contributed by atoms with Crippen LogP contribution in [0.3, 0.4) is 0 Å². The molecular formula is C19H12F2O3. The van der Waals surface area contributed by atoms with Crippen LogP contribution in [0.25, 0.3) is 11.1 Å². The van der Waals surface area contributed by atoms with Gasteiger partial charge in [0.1, 0.15) is 28.7 Å². The van der Waals surface area contributed by atoms with Crippen molar-refractivity contribution < 1.29 is 23.4 Å². The molecule has 0 radical (unpaired) electrons. The molecule has 0 spiro atoms. The highest BCUT2D eigenvalue weighted by atomic mass is 19.1. The van der Waals surface area contributed by atoms with Crippen LogP contribution < -0.4 is 4.74 Å². The molecule has 0 aliphatic rings. The van der Waals surface area contributed by atoms with Crippen molar-refractivity contribution in [2.45, 2.75) is 0 Å². The monoisotopic (exact) mass is 326 g/mol. The summed E-state index contributed by atoms with van der Waals surface area (Å²) >= 11 is 0. The SMILES string of the molecule is O=C(Oc1ccccc1)c1cc(-c2ccc(F)cc2F)ccc1O. The maximum atomic E-state index is 13.9. The predicted octanol–water partition coefficient (Wildman–Crippen LogP) is 4.56. The van der Waals surface area contributed by atoms with Gasteiger partial charge in [0, 0.05) is 11.6 Å². The van der Waals surface area contributed by atoms with Crippen molar-refractivity contribution in [2.24, 2.45) is 0 Å². The lowest BCUT2D eigenvalue weighted by Gasteiger charge is -2.09. The molecule has 0 saturated carbocycles. The van der Waals surface area contributed by atoms with Crippen LogP contribution in [0, 0.1) is 11.6 Å². The normalized spacial score (nSPS) is 10.4. The van der Waals surface area contributed by atoms with Gasteiger partial charge in [0.05, 0.1) is 0 Å². The van der Waals surface area contributed by atoms with Gasteiger partial charge in [-0.2, -0.15) is 0 Å². The van der Waals surface area contributed by atoms with Crippen molar-refractivity contribution in [2.75, 3.05) is 0 Å². The third-order valence-electron chi connectivity index (χ3n) is 3.41. The number of rotatable bonds is 3. The molecule has 0 fully saturated rings. The van der Waals surface area contributed by atoms with E-state index in [4.69, 9.17) is 4.74 Å². The number of halogens is 2. The number of para-hydroxylation sites is 1. The molecule has 0 aromatic heterocycles. The molecule has 0 unspecified atom stereocenters. The summed E-state index contributed by atoms with van der Waals surface area (Å²) in [5.41, 5.74) is 0.329. The lowest BCUT2D eigenvalue weighted by molar-refractivity contribution is 0.0731. The zero-order valence-electron chi connectivity index (χ0n) is 12.4. The fourth-order valence-electron chi connectivity index (χ4n) is 2.24. The van der Waals surface area contributed by atoms with Gasteiger partial charge in [-0.1, -0.05) is 24.3 Å². The lowest BCUT2D eigenvalue weighted by atomic mass is 10.0. The molecule has 0 bridgehead atoms. The van der Waals surface area contributed by atoms with Crippen LogP contribution in [0.15, 0.2) is 66.7 Å². The van der Waals surface area contributed by atoms with E-state index in [0.717, 1.165) is 12.1 Å². The highest BCUT2D eigenvalue weighted by molar-refractivity contribution is 5.95. The molecule has 0 aliphatic heterocycles. The molecule has 3 nitrogen and oxygen atoms in total. The van der Waals surface area contributed by atoms with Crippen LogP contribution in [-0.2, 0) is 0 Å². The minimum atomic E-state index is -0.775. The third-order valence-corrected chi connectivity index (χ3v) is 3.41. The molecule has 3 aromatic carbocycles. The number of aromatic hydroxyl groups is 1. The first-order valence-electron chi connectivity index (χ1n) is 7.10. The summed E-state index contributed by atoms with van der Waals surface area (Å²) in [5, 5.41) is 9.89. The van der Waals surface area contributed by atoms with E-state index in [1.165, 1.54) is 24.3 Å². The number of esters is 1. The standard InChI is InChI=1S/C19H12F2O3/c20-13-7-8-15(17(21)11-13)12-6-9-18(22)16(10-12)19(23)24-14-4-2-1-3-5-14/h1-11,22H. The number of phenolic OH excluding ortho intramolecular Hbond substituents is 1. The van der Waals surface area contributed by atoms with Crippen LogP contribution in [0.1, 0.15) is 10.4 Å². The van der Waals surface area contributed by atoms with Crippen molar-refractivity contribution in [1.29, 1.82) is 0 Å². The fourth-order valence-corrected chi connectivity index (χ4v) is 2.24. The second-order valence-electron chi connectivity index (χ2n) is 5.06. The Morgan fingerprint density at radius 3 is 2.38 bits per heavy atom. The summed E-state index contributed by atoms with van der Waals surface area (Å²) < 4.78 is 32.1. The molecule has 0 atom stereocenters. The Hall–Kier alpha value is -3.21. The minimum Gasteiger partial charge on any atom is -0.507 e. The van der Waals surface area contributed by atoms with Crippen molar-refractivity contribution in [3.8, 4) is 22.6 Å². The van der Waals surface area contributed by atoms with Gasteiger partial charge in [0.2, 0.25) is 0 Å². The van der Waals surface area contributed by atoms with Crippen LogP contribution in [0.5, 0.6) is 11.5 Å². The first-order valence-corrected chi connectivity index (χ1v) is 7.10. The van der Waals surface area contributed by atoms with Crippen LogP contribution >= 0.6 is 0 Å². The molecule has 0 amide bonds. The quantitative estimate of drug-likeness (QED) is 0.567. The molecule has 5 heteroatoms. The fraction of sp³-hybridized carbons (Fsp3) is 0. The average molecular weight is 326 g/mol. The van der Waals surface area contributed by atoms with Gasteiger partial charge in [-0.05, 0) is 42.0 Å². The Morgan fingerprint density at radius 1 is 0.917 bits per heavy atom. The number of hydrogen-bond donors (Lipinski definition) is 1. The summed E-state index contributed by atoms with van der Waals surface area (Å²) in [6.07, 6.45) is 0. The topological polar surface area (TPSA) is 46.5 Å². The predicted molar refractivity (Wildman–Crippen MR) is 84.9 cm³/mol. The number of hydrogen-bond acceptors (Lipinski definition) is 3. The first-order chi connectivity index (χ1) is 11.5. The number of carbonyl (C=O) groups is 1. The Bertz CT molecular complexity index is 892.